The van der Waals surface area contributed by atoms with Crippen molar-refractivity contribution in [2.45, 2.75) is 59.7 Å². The molecular weight excluding hydrogens is 446 g/mol. The number of benzene rings is 1. The number of amides is 1. The van der Waals surface area contributed by atoms with Crippen LogP contribution in [0.25, 0.3) is 11.0 Å². The molecule has 8 nitrogen and oxygen atoms in total. The molecular formula is C24H28F2N4O4. The summed E-state index contributed by atoms with van der Waals surface area (Å²) in [5.41, 5.74) is 0.0425. The van der Waals surface area contributed by atoms with Crippen LogP contribution in [0, 0.1) is 5.92 Å². The minimum Gasteiger partial charge on any atom is -0.435 e. The number of fused-ring (bicyclic) bond motifs is 1. The number of nitrogens with zero attached hydrogens (tertiary/aromatic N) is 2. The van der Waals surface area contributed by atoms with E-state index in [9.17, 15) is 23.2 Å². The van der Waals surface area contributed by atoms with Crippen LogP contribution in [0.1, 0.15) is 68.2 Å². The molecule has 2 N–H and O–H groups in total. The first-order chi connectivity index (χ1) is 16.0. The lowest BCUT2D eigenvalue weighted by Gasteiger charge is -2.18. The highest BCUT2D eigenvalue weighted by Crippen LogP contribution is 2.23. The lowest BCUT2D eigenvalue weighted by molar-refractivity contribution is -0.0499. The topological polar surface area (TPSA) is 106 Å². The highest BCUT2D eigenvalue weighted by Gasteiger charge is 2.22. The predicted molar refractivity (Wildman–Crippen MR) is 125 cm³/mol. The van der Waals surface area contributed by atoms with E-state index in [-0.39, 0.29) is 34.2 Å². The molecule has 0 aliphatic rings. The molecule has 2 aromatic heterocycles. The van der Waals surface area contributed by atoms with Gasteiger partial charge >= 0.3 is 12.3 Å². The Kier molecular flexibility index (Phi) is 7.48. The van der Waals surface area contributed by atoms with E-state index in [0.717, 1.165) is 0 Å². The second-order valence-electron chi connectivity index (χ2n) is 8.86. The molecule has 0 saturated carbocycles. The lowest BCUT2D eigenvalue weighted by Crippen LogP contribution is -2.35. The maximum absolute atomic E-state index is 13.3. The monoisotopic (exact) mass is 474 g/mol. The molecule has 34 heavy (non-hydrogen) atoms. The van der Waals surface area contributed by atoms with Gasteiger partial charge in [0.25, 0.3) is 11.5 Å². The molecule has 182 valence electrons. The molecule has 0 fully saturated rings. The maximum atomic E-state index is 13.3. The number of halogens is 2. The number of hydrogen-bond acceptors (Lipinski definition) is 5. The number of pyridine rings is 1. The molecule has 0 radical (unpaired) electrons. The molecule has 0 aliphatic heterocycles. The molecule has 1 atom stereocenters. The van der Waals surface area contributed by atoms with E-state index in [1.807, 2.05) is 27.7 Å². The van der Waals surface area contributed by atoms with Gasteiger partial charge in [0.2, 0.25) is 0 Å². The number of alkyl halides is 2. The van der Waals surface area contributed by atoms with Gasteiger partial charge in [0.05, 0.1) is 17.0 Å². The van der Waals surface area contributed by atoms with Crippen LogP contribution in [0.15, 0.2) is 39.9 Å². The van der Waals surface area contributed by atoms with Crippen LogP contribution >= 0.6 is 0 Å². The van der Waals surface area contributed by atoms with Gasteiger partial charge in [0.15, 0.2) is 5.65 Å². The summed E-state index contributed by atoms with van der Waals surface area (Å²) in [5.74, 6) is -0.559. The van der Waals surface area contributed by atoms with Gasteiger partial charge in [0, 0.05) is 12.2 Å². The highest BCUT2D eigenvalue weighted by molar-refractivity contribution is 6.05. The molecule has 0 saturated heterocycles. The Morgan fingerprint density at radius 1 is 1.15 bits per heavy atom. The van der Waals surface area contributed by atoms with Crippen molar-refractivity contribution < 1.29 is 18.3 Å². The maximum Gasteiger partial charge on any atom is 0.387 e. The molecule has 3 aromatic rings. The Bertz CT molecular complexity index is 1310. The zero-order valence-electron chi connectivity index (χ0n) is 19.7. The zero-order valence-corrected chi connectivity index (χ0v) is 19.7. The van der Waals surface area contributed by atoms with Crippen LogP contribution < -0.4 is 21.3 Å². The van der Waals surface area contributed by atoms with Crippen molar-refractivity contribution in [3.05, 3.63) is 68.0 Å². The average molecular weight is 475 g/mol. The number of aromatic amines is 1. The van der Waals surface area contributed by atoms with Crippen LogP contribution in [-0.4, -0.2) is 27.1 Å². The average Bonchev–Trinajstić information content (AvgIpc) is 2.75. The molecule has 0 spiro atoms. The Morgan fingerprint density at radius 3 is 2.47 bits per heavy atom. The number of hydrogen-bond donors (Lipinski definition) is 2. The van der Waals surface area contributed by atoms with Gasteiger partial charge in [-0.1, -0.05) is 39.8 Å². The molecule has 1 unspecified atom stereocenters. The summed E-state index contributed by atoms with van der Waals surface area (Å²) >= 11 is 0. The van der Waals surface area contributed by atoms with E-state index < -0.39 is 29.8 Å². The smallest absolute Gasteiger partial charge is 0.387 e. The van der Waals surface area contributed by atoms with Crippen LogP contribution in [0.2, 0.25) is 0 Å². The minimum atomic E-state index is -2.96. The first kappa shape index (κ1) is 25.1. The van der Waals surface area contributed by atoms with E-state index in [1.165, 1.54) is 16.7 Å². The standard InChI is InChI=1S/C24H28F2N4O4/c1-12(2)11-30-20-19(22(32)29-24(30)33)17(10-18(28-20)13(3)4)21(31)27-14(5)15-7-6-8-16(9-15)34-23(25)26/h6-10,12-14,23H,11H2,1-5H3,(H,27,31)(H,29,32,33). The van der Waals surface area contributed by atoms with E-state index in [0.29, 0.717) is 17.8 Å². The van der Waals surface area contributed by atoms with E-state index in [4.69, 9.17) is 0 Å². The third-order valence-corrected chi connectivity index (χ3v) is 5.28. The Morgan fingerprint density at radius 2 is 1.85 bits per heavy atom. The van der Waals surface area contributed by atoms with Crippen molar-refractivity contribution in [1.82, 2.24) is 19.9 Å². The van der Waals surface area contributed by atoms with Gasteiger partial charge in [-0.05, 0) is 42.5 Å². The van der Waals surface area contributed by atoms with Crippen molar-refractivity contribution in [1.29, 1.82) is 0 Å². The predicted octanol–water partition coefficient (Wildman–Crippen LogP) is 3.96. The molecule has 1 aromatic carbocycles. The number of H-pyrrole nitrogens is 1. The van der Waals surface area contributed by atoms with Crippen LogP contribution in [-0.2, 0) is 6.54 Å². The van der Waals surface area contributed by atoms with Crippen molar-refractivity contribution in [3.8, 4) is 5.75 Å². The van der Waals surface area contributed by atoms with E-state index in [2.05, 4.69) is 20.0 Å². The normalized spacial score (nSPS) is 12.5. The summed E-state index contributed by atoms with van der Waals surface area (Å²) in [5, 5.41) is 2.82. The second-order valence-corrected chi connectivity index (χ2v) is 8.86. The fourth-order valence-corrected chi connectivity index (χ4v) is 3.62. The quantitative estimate of drug-likeness (QED) is 0.514. The summed E-state index contributed by atoms with van der Waals surface area (Å²) in [6.07, 6.45) is 0. The third-order valence-electron chi connectivity index (χ3n) is 5.28. The van der Waals surface area contributed by atoms with Crippen LogP contribution in [0.5, 0.6) is 5.75 Å². The Hall–Kier alpha value is -3.56. The van der Waals surface area contributed by atoms with Crippen molar-refractivity contribution in [3.63, 3.8) is 0 Å². The van der Waals surface area contributed by atoms with E-state index >= 15 is 0 Å². The molecule has 2 heterocycles. The number of rotatable bonds is 8. The molecule has 1 amide bonds. The second kappa shape index (κ2) is 10.1. The van der Waals surface area contributed by atoms with Crippen LogP contribution in [0.3, 0.4) is 0 Å². The number of ether oxygens (including phenoxy) is 1. The zero-order chi connectivity index (χ0) is 25.2. The van der Waals surface area contributed by atoms with Crippen LogP contribution in [0.4, 0.5) is 8.78 Å². The molecule has 10 heteroatoms. The largest absolute Gasteiger partial charge is 0.435 e. The van der Waals surface area contributed by atoms with Gasteiger partial charge in [-0.3, -0.25) is 19.1 Å². The summed E-state index contributed by atoms with van der Waals surface area (Å²) in [6, 6.07) is 6.98. The Labute approximate surface area is 195 Å². The van der Waals surface area contributed by atoms with Gasteiger partial charge < -0.3 is 10.1 Å². The molecule has 0 aliphatic carbocycles. The van der Waals surface area contributed by atoms with Gasteiger partial charge in [-0.25, -0.2) is 9.78 Å². The van der Waals surface area contributed by atoms with Crippen molar-refractivity contribution in [2.75, 3.05) is 0 Å². The molecule has 0 bridgehead atoms. The third kappa shape index (κ3) is 5.49. The molecule has 3 rings (SSSR count). The van der Waals surface area contributed by atoms with Crippen molar-refractivity contribution >= 4 is 16.9 Å². The first-order valence-corrected chi connectivity index (χ1v) is 11.0. The summed E-state index contributed by atoms with van der Waals surface area (Å²) in [7, 11) is 0. The van der Waals surface area contributed by atoms with Gasteiger partial charge in [-0.15, -0.1) is 0 Å². The first-order valence-electron chi connectivity index (χ1n) is 11.0. The number of aromatic nitrogens is 3. The fraction of sp³-hybridized carbons (Fsp3) is 0.417. The van der Waals surface area contributed by atoms with E-state index in [1.54, 1.807) is 25.1 Å². The minimum absolute atomic E-state index is 0.0177. The Balaban J connectivity index is 2.09. The summed E-state index contributed by atoms with van der Waals surface area (Å²) < 4.78 is 30.9. The summed E-state index contributed by atoms with van der Waals surface area (Å²) in [6.45, 7) is 6.68. The highest BCUT2D eigenvalue weighted by atomic mass is 19.3. The van der Waals surface area contributed by atoms with Crippen molar-refractivity contribution in [2.24, 2.45) is 5.92 Å². The number of nitrogens with one attached hydrogen (secondary N) is 2. The SMILES string of the molecule is CC(C)Cn1c(=O)[nH]c(=O)c2c(C(=O)NC(C)c3cccc(OC(F)F)c3)cc(C(C)C)nc21. The van der Waals surface area contributed by atoms with Gasteiger partial charge in [0.1, 0.15) is 5.75 Å². The van der Waals surface area contributed by atoms with Gasteiger partial charge in [-0.2, -0.15) is 8.78 Å². The summed E-state index contributed by atoms with van der Waals surface area (Å²) in [4.78, 5) is 45.4. The number of carbonyl (C=O) groups is 1. The fourth-order valence-electron chi connectivity index (χ4n) is 3.62. The lowest BCUT2D eigenvalue weighted by atomic mass is 10.0. The number of carbonyl (C=O) groups excluding carboxylic acids is 1.